The zero-order valence-electron chi connectivity index (χ0n) is 15.7. The third kappa shape index (κ3) is 3.28. The van der Waals surface area contributed by atoms with E-state index in [1.165, 1.54) is 10.5 Å². The minimum Gasteiger partial charge on any atom is -0.352 e. The molecule has 0 bridgehead atoms. The van der Waals surface area contributed by atoms with E-state index in [-0.39, 0.29) is 35.0 Å². The molecule has 0 aliphatic heterocycles. The molecule has 0 aliphatic carbocycles. The van der Waals surface area contributed by atoms with Crippen molar-refractivity contribution in [1.82, 2.24) is 19.3 Å². The van der Waals surface area contributed by atoms with E-state index < -0.39 is 0 Å². The molecule has 3 aromatic heterocycles. The Morgan fingerprint density at radius 1 is 1.41 bits per heavy atom. The molecule has 140 valence electrons. The van der Waals surface area contributed by atoms with Gasteiger partial charge < -0.3 is 9.88 Å². The Labute approximate surface area is 156 Å². The molecule has 3 heterocycles. The van der Waals surface area contributed by atoms with Crippen LogP contribution < -0.4 is 16.4 Å². The van der Waals surface area contributed by atoms with Crippen molar-refractivity contribution in [2.75, 3.05) is 6.54 Å². The number of hydrogen-bond acceptors (Lipinski definition) is 4. The minimum atomic E-state index is -0.373. The number of aromatic nitrogens is 3. The lowest BCUT2D eigenvalue weighted by atomic mass is 10.1. The van der Waals surface area contributed by atoms with Gasteiger partial charge in [-0.2, -0.15) is 0 Å². The number of nitrogens with one attached hydrogen (secondary N) is 2. The maximum Gasteiger partial charge on any atom is 0.267 e. The molecular weight excluding hydrogens is 342 g/mol. The maximum absolute atomic E-state index is 13.0. The van der Waals surface area contributed by atoms with E-state index in [9.17, 15) is 9.59 Å². The highest BCUT2D eigenvalue weighted by Crippen LogP contribution is 2.12. The predicted molar refractivity (Wildman–Crippen MR) is 105 cm³/mol. The number of rotatable bonds is 5. The van der Waals surface area contributed by atoms with Crippen LogP contribution in [0.1, 0.15) is 29.8 Å². The summed E-state index contributed by atoms with van der Waals surface area (Å²) >= 11 is 0. The second-order valence-corrected chi connectivity index (χ2v) is 6.95. The van der Waals surface area contributed by atoms with Gasteiger partial charge in [-0.05, 0) is 30.5 Å². The Hall–Kier alpha value is -3.22. The molecule has 7 nitrogen and oxygen atoms in total. The quantitative estimate of drug-likeness (QED) is 0.535. The van der Waals surface area contributed by atoms with Crippen LogP contribution in [-0.2, 0) is 6.54 Å². The van der Waals surface area contributed by atoms with Gasteiger partial charge in [0.05, 0.1) is 10.9 Å². The molecule has 0 aliphatic rings. The fourth-order valence-corrected chi connectivity index (χ4v) is 2.97. The topological polar surface area (TPSA) is 92.2 Å². The molecule has 0 unspecified atom stereocenters. The first-order chi connectivity index (χ1) is 12.8. The lowest BCUT2D eigenvalue weighted by Gasteiger charge is -2.14. The van der Waals surface area contributed by atoms with Gasteiger partial charge in [0, 0.05) is 19.3 Å². The molecule has 0 spiro atoms. The number of allylic oxidation sites excluding steroid dienone is 1. The molecule has 7 heteroatoms. The van der Waals surface area contributed by atoms with Crippen molar-refractivity contribution in [3.63, 3.8) is 0 Å². The van der Waals surface area contributed by atoms with Crippen molar-refractivity contribution < 1.29 is 4.79 Å². The molecule has 0 fully saturated rings. The van der Waals surface area contributed by atoms with Gasteiger partial charge in [0.1, 0.15) is 16.8 Å². The van der Waals surface area contributed by atoms with Gasteiger partial charge in [-0.1, -0.05) is 26.0 Å². The van der Waals surface area contributed by atoms with Gasteiger partial charge in [0.2, 0.25) is 0 Å². The van der Waals surface area contributed by atoms with Gasteiger partial charge in [-0.25, -0.2) is 4.98 Å². The third-order valence-electron chi connectivity index (χ3n) is 4.36. The Balaban J connectivity index is 2.36. The van der Waals surface area contributed by atoms with Crippen LogP contribution in [0.15, 0.2) is 41.8 Å². The zero-order valence-corrected chi connectivity index (χ0v) is 15.7. The summed E-state index contributed by atoms with van der Waals surface area (Å²) in [6.45, 7) is 10.3. The van der Waals surface area contributed by atoms with Crippen molar-refractivity contribution >= 4 is 22.6 Å². The van der Waals surface area contributed by atoms with Crippen LogP contribution >= 0.6 is 0 Å². The number of aryl methyl sites for hydroxylation is 1. The van der Waals surface area contributed by atoms with Crippen molar-refractivity contribution in [1.29, 1.82) is 5.41 Å². The zero-order chi connectivity index (χ0) is 19.7. The summed E-state index contributed by atoms with van der Waals surface area (Å²) in [5.41, 5.74) is 1.65. The first kappa shape index (κ1) is 18.6. The smallest absolute Gasteiger partial charge is 0.267 e. The van der Waals surface area contributed by atoms with Crippen LogP contribution in [-0.4, -0.2) is 26.4 Å². The molecule has 2 N–H and O–H groups in total. The average Bonchev–Trinajstić information content (AvgIpc) is 2.63. The molecular formula is C20H23N5O2. The largest absolute Gasteiger partial charge is 0.352 e. The van der Waals surface area contributed by atoms with Gasteiger partial charge in [0.25, 0.3) is 11.5 Å². The van der Waals surface area contributed by atoms with E-state index in [0.717, 1.165) is 5.56 Å². The van der Waals surface area contributed by atoms with Crippen LogP contribution in [0.3, 0.4) is 0 Å². The molecule has 3 rings (SSSR count). The number of fused-ring (bicyclic) bond motifs is 2. The van der Waals surface area contributed by atoms with E-state index in [1.54, 1.807) is 22.9 Å². The Kier molecular flexibility index (Phi) is 4.94. The Bertz CT molecular complexity index is 1170. The highest BCUT2D eigenvalue weighted by molar-refractivity contribution is 5.96. The summed E-state index contributed by atoms with van der Waals surface area (Å²) in [6, 6.07) is 5.13. The Morgan fingerprint density at radius 3 is 2.81 bits per heavy atom. The number of hydrogen-bond donors (Lipinski definition) is 2. The summed E-state index contributed by atoms with van der Waals surface area (Å²) in [7, 11) is 0. The van der Waals surface area contributed by atoms with Gasteiger partial charge in [-0.3, -0.25) is 19.4 Å². The lowest BCUT2D eigenvalue weighted by molar-refractivity contribution is 0.0946. The van der Waals surface area contributed by atoms with Crippen molar-refractivity contribution in [2.45, 2.75) is 27.3 Å². The maximum atomic E-state index is 13.0. The van der Waals surface area contributed by atoms with Crippen molar-refractivity contribution in [3.8, 4) is 0 Å². The monoisotopic (exact) mass is 365 g/mol. The third-order valence-corrected chi connectivity index (χ3v) is 4.36. The SMILES string of the molecule is C=CCn1c(=N)c(C(=O)NCC(C)C)cc2c(=O)n3cccc(C)c3nc21. The van der Waals surface area contributed by atoms with E-state index in [4.69, 9.17) is 5.41 Å². The van der Waals surface area contributed by atoms with Crippen LogP contribution in [0.4, 0.5) is 0 Å². The molecule has 0 saturated heterocycles. The standard InChI is InChI=1S/C20H23N5O2/c1-5-8-24-16(21)14(19(26)22-11-12(2)3)10-15-18(24)23-17-13(4)7-6-9-25(17)20(15)27/h5-7,9-10,12,21H,1,8,11H2,2-4H3,(H,22,26). The molecule has 0 aromatic carbocycles. The first-order valence-electron chi connectivity index (χ1n) is 8.84. The average molecular weight is 365 g/mol. The van der Waals surface area contributed by atoms with Gasteiger partial charge in [0.15, 0.2) is 0 Å². The molecule has 1 amide bonds. The molecule has 0 atom stereocenters. The fourth-order valence-electron chi connectivity index (χ4n) is 2.97. The lowest BCUT2D eigenvalue weighted by Crippen LogP contribution is -2.36. The number of carbonyl (C=O) groups is 1. The summed E-state index contributed by atoms with van der Waals surface area (Å²) in [4.78, 5) is 30.3. The van der Waals surface area contributed by atoms with Crippen molar-refractivity contribution in [3.05, 3.63) is 64.0 Å². The summed E-state index contributed by atoms with van der Waals surface area (Å²) < 4.78 is 3.01. The number of carbonyl (C=O) groups excluding carboxylic acids is 1. The summed E-state index contributed by atoms with van der Waals surface area (Å²) in [5.74, 6) is -0.0924. The normalized spacial score (nSPS) is 11.3. The van der Waals surface area contributed by atoms with E-state index in [2.05, 4.69) is 16.9 Å². The number of nitrogens with zero attached hydrogens (tertiary/aromatic N) is 3. The molecule has 0 saturated carbocycles. The first-order valence-corrected chi connectivity index (χ1v) is 8.84. The summed E-state index contributed by atoms with van der Waals surface area (Å²) in [5, 5.41) is 11.6. The fraction of sp³-hybridized carbons (Fsp3) is 0.300. The number of amides is 1. The highest BCUT2D eigenvalue weighted by atomic mass is 16.1. The Morgan fingerprint density at radius 2 is 2.15 bits per heavy atom. The van der Waals surface area contributed by atoms with Crippen LogP contribution in [0.25, 0.3) is 16.7 Å². The van der Waals surface area contributed by atoms with E-state index in [0.29, 0.717) is 23.2 Å². The minimum absolute atomic E-state index is 0.00786. The predicted octanol–water partition coefficient (Wildman–Crippen LogP) is 2.01. The van der Waals surface area contributed by atoms with E-state index >= 15 is 0 Å². The van der Waals surface area contributed by atoms with Gasteiger partial charge in [-0.15, -0.1) is 6.58 Å². The van der Waals surface area contributed by atoms with Crippen molar-refractivity contribution in [2.24, 2.45) is 5.92 Å². The second-order valence-electron chi connectivity index (χ2n) is 6.95. The van der Waals surface area contributed by atoms with Crippen LogP contribution in [0, 0.1) is 18.3 Å². The molecule has 3 aromatic rings. The highest BCUT2D eigenvalue weighted by Gasteiger charge is 2.17. The second kappa shape index (κ2) is 7.19. The van der Waals surface area contributed by atoms with Gasteiger partial charge >= 0.3 is 0 Å². The molecule has 27 heavy (non-hydrogen) atoms. The van der Waals surface area contributed by atoms with Crippen LogP contribution in [0.5, 0.6) is 0 Å². The van der Waals surface area contributed by atoms with E-state index in [1.807, 2.05) is 26.8 Å². The number of pyridine rings is 2. The summed E-state index contributed by atoms with van der Waals surface area (Å²) in [6.07, 6.45) is 3.27. The molecule has 0 radical (unpaired) electrons. The van der Waals surface area contributed by atoms with Crippen LogP contribution in [0.2, 0.25) is 0 Å².